The molecule has 4 heteroatoms. The molecule has 0 aliphatic carbocycles. The van der Waals surface area contributed by atoms with E-state index in [9.17, 15) is 9.59 Å². The molecule has 1 aliphatic rings. The summed E-state index contributed by atoms with van der Waals surface area (Å²) in [5, 5.41) is 0.999. The number of likely N-dealkylation sites (tertiary alicyclic amines) is 1. The maximum atomic E-state index is 12.2. The maximum absolute atomic E-state index is 12.2. The van der Waals surface area contributed by atoms with Gasteiger partial charge in [0.05, 0.1) is 5.52 Å². The van der Waals surface area contributed by atoms with E-state index < -0.39 is 0 Å². The van der Waals surface area contributed by atoms with E-state index in [1.165, 1.54) is 0 Å². The molecule has 1 saturated heterocycles. The van der Waals surface area contributed by atoms with E-state index in [1.807, 2.05) is 33.9 Å². The van der Waals surface area contributed by atoms with E-state index in [2.05, 4.69) is 0 Å². The Morgan fingerprint density at radius 3 is 2.74 bits per heavy atom. The second kappa shape index (κ2) is 4.88. The van der Waals surface area contributed by atoms with Crippen molar-refractivity contribution in [2.75, 3.05) is 13.1 Å². The molecule has 0 spiro atoms. The number of para-hydroxylation sites is 1. The molecule has 1 aliphatic heterocycles. The second-order valence-electron chi connectivity index (χ2n) is 4.93. The molecule has 0 unspecified atom stereocenters. The van der Waals surface area contributed by atoms with Crippen molar-refractivity contribution >= 4 is 23.1 Å². The van der Waals surface area contributed by atoms with Crippen molar-refractivity contribution < 1.29 is 9.59 Å². The highest BCUT2D eigenvalue weighted by Crippen LogP contribution is 2.20. The monoisotopic (exact) mass is 256 g/mol. The van der Waals surface area contributed by atoms with E-state index in [-0.39, 0.29) is 5.91 Å². The Balaban J connectivity index is 1.92. The normalized spacial score (nSPS) is 15.1. The van der Waals surface area contributed by atoms with Gasteiger partial charge in [0, 0.05) is 30.2 Å². The highest BCUT2D eigenvalue weighted by molar-refractivity contribution is 5.97. The minimum absolute atomic E-state index is 0.135. The Labute approximate surface area is 111 Å². The Morgan fingerprint density at radius 2 is 2.00 bits per heavy atom. The van der Waals surface area contributed by atoms with Crippen molar-refractivity contribution in [1.29, 1.82) is 0 Å². The van der Waals surface area contributed by atoms with Gasteiger partial charge in [0.25, 0.3) is 0 Å². The smallest absolute Gasteiger partial charge is 0.242 e. The van der Waals surface area contributed by atoms with Gasteiger partial charge in [-0.3, -0.25) is 9.59 Å². The number of hydrogen-bond donors (Lipinski definition) is 0. The van der Waals surface area contributed by atoms with Crippen molar-refractivity contribution in [1.82, 2.24) is 9.47 Å². The van der Waals surface area contributed by atoms with Gasteiger partial charge in [0.2, 0.25) is 5.91 Å². The number of hydrogen-bond acceptors (Lipinski definition) is 2. The minimum Gasteiger partial charge on any atom is -0.341 e. The molecule has 3 rings (SSSR count). The van der Waals surface area contributed by atoms with Gasteiger partial charge < -0.3 is 9.47 Å². The summed E-state index contributed by atoms with van der Waals surface area (Å²) >= 11 is 0. The lowest BCUT2D eigenvalue weighted by atomic mass is 10.1. The van der Waals surface area contributed by atoms with Crippen molar-refractivity contribution in [3.05, 3.63) is 36.0 Å². The van der Waals surface area contributed by atoms with Crippen LogP contribution in [-0.4, -0.2) is 34.7 Å². The Bertz CT molecular complexity index is 624. The van der Waals surface area contributed by atoms with Crippen molar-refractivity contribution in [3.63, 3.8) is 0 Å². The fourth-order valence-corrected chi connectivity index (χ4v) is 2.73. The van der Waals surface area contributed by atoms with Crippen LogP contribution in [0, 0.1) is 0 Å². The van der Waals surface area contributed by atoms with Gasteiger partial charge in [-0.2, -0.15) is 0 Å². The van der Waals surface area contributed by atoms with Gasteiger partial charge in [-0.05, 0) is 25.0 Å². The van der Waals surface area contributed by atoms with Crippen LogP contribution in [0.1, 0.15) is 23.2 Å². The largest absolute Gasteiger partial charge is 0.341 e. The predicted molar refractivity (Wildman–Crippen MR) is 73.1 cm³/mol. The molecule has 0 saturated carbocycles. The Hall–Kier alpha value is -2.10. The lowest BCUT2D eigenvalue weighted by Crippen LogP contribution is -2.30. The summed E-state index contributed by atoms with van der Waals surface area (Å²) in [6, 6.07) is 7.55. The molecule has 0 bridgehead atoms. The van der Waals surface area contributed by atoms with Crippen molar-refractivity contribution in [2.24, 2.45) is 0 Å². The van der Waals surface area contributed by atoms with Gasteiger partial charge in [-0.15, -0.1) is 0 Å². The molecule has 0 atom stereocenters. The number of carbonyl (C=O) groups is 2. The van der Waals surface area contributed by atoms with E-state index in [0.29, 0.717) is 12.1 Å². The molecule has 0 radical (unpaired) electrons. The maximum Gasteiger partial charge on any atom is 0.242 e. The molecule has 2 aromatic rings. The van der Waals surface area contributed by atoms with Crippen LogP contribution in [0.25, 0.3) is 10.9 Å². The zero-order chi connectivity index (χ0) is 13.2. The van der Waals surface area contributed by atoms with Gasteiger partial charge in [-0.25, -0.2) is 0 Å². The third kappa shape index (κ3) is 2.14. The first-order chi connectivity index (χ1) is 9.29. The number of aromatic nitrogens is 1. The molecule has 0 N–H and O–H groups in total. The summed E-state index contributed by atoms with van der Waals surface area (Å²) in [7, 11) is 0. The lowest BCUT2D eigenvalue weighted by Gasteiger charge is -2.16. The zero-order valence-electron chi connectivity index (χ0n) is 10.7. The van der Waals surface area contributed by atoms with Crippen LogP contribution in [-0.2, 0) is 11.3 Å². The van der Waals surface area contributed by atoms with Crippen molar-refractivity contribution in [3.8, 4) is 0 Å². The second-order valence-corrected chi connectivity index (χ2v) is 4.93. The first-order valence-electron chi connectivity index (χ1n) is 6.60. The molecule has 1 aromatic carbocycles. The number of carbonyl (C=O) groups excluding carboxylic acids is 2. The molecule has 19 heavy (non-hydrogen) atoms. The molecule has 4 nitrogen and oxygen atoms in total. The molecule has 1 fully saturated rings. The predicted octanol–water partition coefficient (Wildman–Crippen LogP) is 2.08. The van der Waals surface area contributed by atoms with E-state index >= 15 is 0 Å². The number of aldehydes is 1. The molecule has 2 heterocycles. The fraction of sp³-hybridized carbons (Fsp3) is 0.333. The molecule has 98 valence electrons. The average Bonchev–Trinajstić information content (AvgIpc) is 3.08. The van der Waals surface area contributed by atoms with E-state index in [1.54, 1.807) is 6.07 Å². The highest BCUT2D eigenvalue weighted by Gasteiger charge is 2.18. The van der Waals surface area contributed by atoms with Crippen LogP contribution in [0.4, 0.5) is 0 Å². The first kappa shape index (κ1) is 12.0. The number of amides is 1. The Kier molecular flexibility index (Phi) is 3.07. The van der Waals surface area contributed by atoms with E-state index in [0.717, 1.165) is 43.1 Å². The van der Waals surface area contributed by atoms with Gasteiger partial charge in [0.15, 0.2) is 6.29 Å². The van der Waals surface area contributed by atoms with Gasteiger partial charge in [-0.1, -0.05) is 12.1 Å². The van der Waals surface area contributed by atoms with Crippen LogP contribution in [0.2, 0.25) is 0 Å². The summed E-state index contributed by atoms with van der Waals surface area (Å²) < 4.78 is 1.87. The molecule has 1 amide bonds. The Morgan fingerprint density at radius 1 is 1.21 bits per heavy atom. The summed E-state index contributed by atoms with van der Waals surface area (Å²) in [5.74, 6) is 0.135. The third-order valence-electron chi connectivity index (χ3n) is 3.71. The minimum atomic E-state index is 0.135. The lowest BCUT2D eigenvalue weighted by molar-refractivity contribution is -0.130. The molecular formula is C15H16N2O2. The zero-order valence-corrected chi connectivity index (χ0v) is 10.7. The molecular weight excluding hydrogens is 240 g/mol. The van der Waals surface area contributed by atoms with Crippen LogP contribution >= 0.6 is 0 Å². The molecule has 1 aromatic heterocycles. The van der Waals surface area contributed by atoms with Crippen LogP contribution < -0.4 is 0 Å². The van der Waals surface area contributed by atoms with Crippen LogP contribution in [0.15, 0.2) is 30.5 Å². The quantitative estimate of drug-likeness (QED) is 0.789. The van der Waals surface area contributed by atoms with E-state index in [4.69, 9.17) is 0 Å². The van der Waals surface area contributed by atoms with Gasteiger partial charge >= 0.3 is 0 Å². The number of nitrogens with zero attached hydrogens (tertiary/aromatic N) is 2. The standard InChI is InChI=1S/C15H16N2O2/c18-11-13-5-3-4-12-6-9-17(15(12)13)10-14(19)16-7-1-2-8-16/h3-6,9,11H,1-2,7-8,10H2. The number of rotatable bonds is 3. The van der Waals surface area contributed by atoms with Gasteiger partial charge in [0.1, 0.15) is 6.54 Å². The summed E-state index contributed by atoms with van der Waals surface area (Å²) in [6.45, 7) is 2.03. The van der Waals surface area contributed by atoms with Crippen LogP contribution in [0.3, 0.4) is 0 Å². The number of benzene rings is 1. The third-order valence-corrected chi connectivity index (χ3v) is 3.71. The topological polar surface area (TPSA) is 42.3 Å². The summed E-state index contributed by atoms with van der Waals surface area (Å²) in [4.78, 5) is 25.2. The average molecular weight is 256 g/mol. The summed E-state index contributed by atoms with van der Waals surface area (Å²) in [6.07, 6.45) is 4.92. The fourth-order valence-electron chi connectivity index (χ4n) is 2.73. The highest BCUT2D eigenvalue weighted by atomic mass is 16.2. The summed E-state index contributed by atoms with van der Waals surface area (Å²) in [5.41, 5.74) is 1.49. The first-order valence-corrected chi connectivity index (χ1v) is 6.60. The van der Waals surface area contributed by atoms with Crippen LogP contribution in [0.5, 0.6) is 0 Å². The SMILES string of the molecule is O=Cc1cccc2ccn(CC(=O)N3CCCC3)c12. The number of fused-ring (bicyclic) bond motifs is 1. The van der Waals surface area contributed by atoms with Crippen molar-refractivity contribution in [2.45, 2.75) is 19.4 Å².